The maximum absolute atomic E-state index is 5.75. The third kappa shape index (κ3) is 14.3. The first-order valence-electron chi connectivity index (χ1n) is 9.31. The van der Waals surface area contributed by atoms with E-state index in [1.807, 2.05) is 0 Å². The first-order chi connectivity index (χ1) is 10.6. The van der Waals surface area contributed by atoms with Crippen molar-refractivity contribution in [1.82, 2.24) is 4.90 Å². The summed E-state index contributed by atoms with van der Waals surface area (Å²) < 4.78 is 0. The van der Waals surface area contributed by atoms with Gasteiger partial charge in [-0.15, -0.1) is 0 Å². The fraction of sp³-hybridized carbons (Fsp3) is 0.800. The Morgan fingerprint density at radius 2 is 1.59 bits per heavy atom. The Labute approximate surface area is 139 Å². The smallest absolute Gasteiger partial charge is 0.0166 e. The van der Waals surface area contributed by atoms with Gasteiger partial charge in [0.05, 0.1) is 0 Å². The van der Waals surface area contributed by atoms with Gasteiger partial charge in [0.25, 0.3) is 0 Å². The highest BCUT2D eigenvalue weighted by Crippen LogP contribution is 2.08. The first-order valence-corrected chi connectivity index (χ1v) is 9.31. The monoisotopic (exact) mass is 308 g/mol. The minimum Gasteiger partial charge on any atom is -0.329 e. The average Bonchev–Trinajstić information content (AvgIpc) is 2.47. The molecule has 0 aromatic carbocycles. The van der Waals surface area contributed by atoms with E-state index in [0.29, 0.717) is 0 Å². The molecule has 0 aliphatic heterocycles. The molecule has 0 spiro atoms. The second kappa shape index (κ2) is 15.3. The number of unbranched alkanes of at least 4 members (excludes halogenated alkanes) is 5. The molecule has 22 heavy (non-hydrogen) atoms. The highest BCUT2D eigenvalue weighted by atomic mass is 15.1. The molecule has 0 heterocycles. The van der Waals surface area contributed by atoms with Crippen LogP contribution in [0.3, 0.4) is 0 Å². The summed E-state index contributed by atoms with van der Waals surface area (Å²) in [5, 5.41) is 0. The number of rotatable bonds is 14. The van der Waals surface area contributed by atoms with E-state index in [0.717, 1.165) is 19.6 Å². The van der Waals surface area contributed by atoms with Crippen molar-refractivity contribution < 1.29 is 0 Å². The Hall–Kier alpha value is -0.600. The lowest BCUT2D eigenvalue weighted by Crippen LogP contribution is -2.30. The van der Waals surface area contributed by atoms with E-state index in [1.165, 1.54) is 69.1 Å². The van der Waals surface area contributed by atoms with Crippen LogP contribution in [0.2, 0.25) is 0 Å². The predicted octanol–water partition coefficient (Wildman–Crippen LogP) is 5.30. The second-order valence-electron chi connectivity index (χ2n) is 6.73. The van der Waals surface area contributed by atoms with Gasteiger partial charge in [-0.05, 0) is 46.6 Å². The molecule has 130 valence electrons. The summed E-state index contributed by atoms with van der Waals surface area (Å²) in [5.41, 5.74) is 8.67. The Balaban J connectivity index is 3.93. The molecule has 0 saturated heterocycles. The van der Waals surface area contributed by atoms with E-state index in [1.54, 1.807) is 0 Å². The Morgan fingerprint density at radius 1 is 0.909 bits per heavy atom. The molecule has 0 aliphatic rings. The Bertz CT molecular complexity index is 301. The summed E-state index contributed by atoms with van der Waals surface area (Å²) >= 11 is 0. The SMILES string of the molecule is CCCCCCCCN(CC=C(C)CCC=C(C)C)CCN. The van der Waals surface area contributed by atoms with Crippen molar-refractivity contribution >= 4 is 0 Å². The van der Waals surface area contributed by atoms with Gasteiger partial charge in [0, 0.05) is 19.6 Å². The average molecular weight is 309 g/mol. The molecule has 0 atom stereocenters. The molecule has 0 aliphatic carbocycles. The van der Waals surface area contributed by atoms with E-state index in [-0.39, 0.29) is 0 Å². The minimum absolute atomic E-state index is 0.764. The Morgan fingerprint density at radius 3 is 2.23 bits per heavy atom. The molecule has 0 unspecified atom stereocenters. The van der Waals surface area contributed by atoms with Crippen molar-refractivity contribution in [2.75, 3.05) is 26.2 Å². The molecule has 2 nitrogen and oxygen atoms in total. The summed E-state index contributed by atoms with van der Waals surface area (Å²) in [6.07, 6.45) is 15.3. The van der Waals surface area contributed by atoms with E-state index in [9.17, 15) is 0 Å². The van der Waals surface area contributed by atoms with Crippen molar-refractivity contribution in [3.05, 3.63) is 23.3 Å². The van der Waals surface area contributed by atoms with Crippen molar-refractivity contribution in [2.24, 2.45) is 5.73 Å². The topological polar surface area (TPSA) is 29.3 Å². The number of nitrogens with zero attached hydrogens (tertiary/aromatic N) is 1. The lowest BCUT2D eigenvalue weighted by Gasteiger charge is -2.20. The van der Waals surface area contributed by atoms with Crippen LogP contribution in [0.5, 0.6) is 0 Å². The third-order valence-electron chi connectivity index (χ3n) is 4.06. The van der Waals surface area contributed by atoms with Crippen molar-refractivity contribution in [2.45, 2.75) is 79.1 Å². The fourth-order valence-electron chi connectivity index (χ4n) is 2.57. The lowest BCUT2D eigenvalue weighted by atomic mass is 10.1. The zero-order valence-corrected chi connectivity index (χ0v) is 15.7. The molecule has 0 saturated carbocycles. The summed E-state index contributed by atoms with van der Waals surface area (Å²) in [5.74, 6) is 0. The van der Waals surface area contributed by atoms with Crippen LogP contribution < -0.4 is 5.73 Å². The molecule has 0 aromatic heterocycles. The molecular weight excluding hydrogens is 268 g/mol. The van der Waals surface area contributed by atoms with Gasteiger partial charge in [0.15, 0.2) is 0 Å². The maximum Gasteiger partial charge on any atom is 0.0166 e. The molecule has 0 aromatic rings. The quantitative estimate of drug-likeness (QED) is 0.348. The number of hydrogen-bond acceptors (Lipinski definition) is 2. The van der Waals surface area contributed by atoms with Crippen LogP contribution in [0.4, 0.5) is 0 Å². The van der Waals surface area contributed by atoms with Crippen LogP contribution in [0.15, 0.2) is 23.3 Å². The second-order valence-corrected chi connectivity index (χ2v) is 6.73. The van der Waals surface area contributed by atoms with Gasteiger partial charge in [-0.25, -0.2) is 0 Å². The highest BCUT2D eigenvalue weighted by Gasteiger charge is 2.02. The van der Waals surface area contributed by atoms with E-state index in [2.05, 4.69) is 44.7 Å². The molecular formula is C20H40N2. The number of allylic oxidation sites excluding steroid dienone is 3. The van der Waals surface area contributed by atoms with Crippen LogP contribution in [-0.2, 0) is 0 Å². The summed E-state index contributed by atoms with van der Waals surface area (Å²) in [6.45, 7) is 12.9. The van der Waals surface area contributed by atoms with Gasteiger partial charge in [0.1, 0.15) is 0 Å². The van der Waals surface area contributed by atoms with E-state index >= 15 is 0 Å². The van der Waals surface area contributed by atoms with Crippen molar-refractivity contribution in [1.29, 1.82) is 0 Å². The molecule has 0 bridgehead atoms. The van der Waals surface area contributed by atoms with Crippen LogP contribution in [-0.4, -0.2) is 31.1 Å². The number of hydrogen-bond donors (Lipinski definition) is 1. The van der Waals surface area contributed by atoms with Gasteiger partial charge in [0.2, 0.25) is 0 Å². The summed E-state index contributed by atoms with van der Waals surface area (Å²) in [7, 11) is 0. The van der Waals surface area contributed by atoms with Crippen LogP contribution >= 0.6 is 0 Å². The summed E-state index contributed by atoms with van der Waals surface area (Å²) in [6, 6.07) is 0. The van der Waals surface area contributed by atoms with E-state index in [4.69, 9.17) is 5.73 Å². The van der Waals surface area contributed by atoms with Crippen molar-refractivity contribution in [3.63, 3.8) is 0 Å². The van der Waals surface area contributed by atoms with Crippen LogP contribution in [0.1, 0.15) is 79.1 Å². The largest absolute Gasteiger partial charge is 0.329 e. The van der Waals surface area contributed by atoms with Gasteiger partial charge in [-0.1, -0.05) is 62.3 Å². The van der Waals surface area contributed by atoms with Gasteiger partial charge in [-0.3, -0.25) is 4.90 Å². The zero-order valence-electron chi connectivity index (χ0n) is 15.7. The summed E-state index contributed by atoms with van der Waals surface area (Å²) in [4.78, 5) is 2.50. The Kier molecular flexibility index (Phi) is 14.9. The molecule has 0 rings (SSSR count). The van der Waals surface area contributed by atoms with Gasteiger partial charge < -0.3 is 5.73 Å². The highest BCUT2D eigenvalue weighted by molar-refractivity contribution is 5.03. The van der Waals surface area contributed by atoms with E-state index < -0.39 is 0 Å². The van der Waals surface area contributed by atoms with Crippen LogP contribution in [0.25, 0.3) is 0 Å². The predicted molar refractivity (Wildman–Crippen MR) is 101 cm³/mol. The minimum atomic E-state index is 0.764. The fourth-order valence-corrected chi connectivity index (χ4v) is 2.57. The maximum atomic E-state index is 5.75. The molecule has 0 amide bonds. The van der Waals surface area contributed by atoms with Crippen LogP contribution in [0, 0.1) is 0 Å². The van der Waals surface area contributed by atoms with Gasteiger partial charge >= 0.3 is 0 Å². The molecule has 2 heteroatoms. The molecule has 0 fully saturated rings. The third-order valence-corrected chi connectivity index (χ3v) is 4.06. The normalized spacial score (nSPS) is 12.0. The molecule has 0 radical (unpaired) electrons. The number of nitrogens with two attached hydrogens (primary N) is 1. The zero-order chi connectivity index (χ0) is 16.6. The van der Waals surface area contributed by atoms with Gasteiger partial charge in [-0.2, -0.15) is 0 Å². The lowest BCUT2D eigenvalue weighted by molar-refractivity contribution is 0.301. The first kappa shape index (κ1) is 21.4. The standard InChI is InChI=1S/C20H40N2/c1-5-6-7-8-9-10-16-22(18-15-21)17-14-20(4)13-11-12-19(2)3/h12,14H,5-11,13,15-18,21H2,1-4H3. The van der Waals surface area contributed by atoms with Crippen molar-refractivity contribution in [3.8, 4) is 0 Å². The molecule has 2 N–H and O–H groups in total.